The fourth-order valence-electron chi connectivity index (χ4n) is 3.13. The normalized spacial score (nSPS) is 12.3. The molecule has 2 aromatic carbocycles. The number of hydrogen-bond acceptors (Lipinski definition) is 4. The van der Waals surface area contributed by atoms with Crippen molar-refractivity contribution >= 4 is 11.9 Å². The van der Waals surface area contributed by atoms with Crippen molar-refractivity contribution < 1.29 is 46.0 Å². The van der Waals surface area contributed by atoms with Gasteiger partial charge in [-0.15, -0.1) is 12.8 Å². The molecule has 0 unspecified atom stereocenters. The van der Waals surface area contributed by atoms with E-state index in [1.807, 2.05) is 0 Å². The molecule has 192 valence electrons. The van der Waals surface area contributed by atoms with E-state index in [0.717, 1.165) is 12.8 Å². The molecule has 0 aromatic heterocycles. The van der Waals surface area contributed by atoms with Crippen LogP contribution >= 0.6 is 0 Å². The zero-order chi connectivity index (χ0) is 26.4. The molecule has 2 aliphatic rings. The van der Waals surface area contributed by atoms with Gasteiger partial charge in [-0.2, -0.15) is 12.2 Å². The van der Waals surface area contributed by atoms with Crippen molar-refractivity contribution in [2.45, 2.75) is 65.2 Å². The third kappa shape index (κ3) is 17.3. The van der Waals surface area contributed by atoms with Crippen molar-refractivity contribution in [2.24, 2.45) is 0 Å². The van der Waals surface area contributed by atoms with Crippen LogP contribution in [0.2, 0.25) is 0 Å². The first-order valence-electron chi connectivity index (χ1n) is 12.5. The first-order chi connectivity index (χ1) is 17.5. The number of aromatic carboxylic acids is 2. The average Bonchev–Trinajstić information content (AvgIpc) is 3.63. The molecule has 0 bridgehead atoms. The predicted octanol–water partition coefficient (Wildman–Crippen LogP) is 5.83. The predicted molar refractivity (Wildman–Crippen MR) is 142 cm³/mol. The second-order valence-corrected chi connectivity index (χ2v) is 8.13. The van der Waals surface area contributed by atoms with Crippen molar-refractivity contribution in [3.8, 4) is 0 Å². The zero-order valence-electron chi connectivity index (χ0n) is 21.9. The van der Waals surface area contributed by atoms with E-state index in [2.05, 4.69) is 50.3 Å². The molecule has 0 heterocycles. The number of rotatable bonds is 8. The van der Waals surface area contributed by atoms with E-state index in [4.69, 9.17) is 0 Å². The summed E-state index contributed by atoms with van der Waals surface area (Å²) in [7, 11) is 0. The molecule has 0 saturated heterocycles. The minimum atomic E-state index is -1.13. The molecule has 2 aliphatic carbocycles. The fraction of sp³-hybridized carbons (Fsp3) is 0.312. The van der Waals surface area contributed by atoms with Gasteiger partial charge in [0.2, 0.25) is 0 Å². The molecule has 0 radical (unpaired) electrons. The molecule has 0 fully saturated rings. The smallest absolute Gasteiger partial charge is 0.545 e. The van der Waals surface area contributed by atoms with Crippen LogP contribution in [-0.4, -0.2) is 11.9 Å². The van der Waals surface area contributed by atoms with Crippen molar-refractivity contribution in [2.75, 3.05) is 0 Å². The van der Waals surface area contributed by atoms with Crippen LogP contribution in [0.3, 0.4) is 0 Å². The van der Waals surface area contributed by atoms with Crippen LogP contribution in [0.25, 0.3) is 0 Å². The van der Waals surface area contributed by atoms with Crippen LogP contribution < -0.4 is 10.2 Å². The largest absolute Gasteiger partial charge is 4.00 e. The first kappa shape index (κ1) is 34.2. The number of carbonyl (C=O) groups excluding carboxylic acids is 2. The monoisotopic (exact) mass is 574 g/mol. The number of unbranched alkanes of at least 4 members (excludes halogenated alkanes) is 2. The number of benzene rings is 2. The summed E-state index contributed by atoms with van der Waals surface area (Å²) in [5, 5.41) is 20.2. The summed E-state index contributed by atoms with van der Waals surface area (Å²) in [6.45, 7) is 4.44. The second kappa shape index (κ2) is 22.4. The van der Waals surface area contributed by atoms with E-state index < -0.39 is 11.9 Å². The molecule has 0 aliphatic heterocycles. The van der Waals surface area contributed by atoms with Gasteiger partial charge in [-0.25, -0.2) is 23.3 Å². The van der Waals surface area contributed by atoms with Crippen LogP contribution in [-0.2, 0) is 26.2 Å². The van der Waals surface area contributed by atoms with Gasteiger partial charge in [0.05, 0.1) is 11.9 Å². The van der Waals surface area contributed by atoms with Gasteiger partial charge < -0.3 is 19.8 Å². The molecule has 0 saturated carbocycles. The van der Waals surface area contributed by atoms with E-state index in [1.54, 1.807) is 36.4 Å². The maximum Gasteiger partial charge on any atom is 4.00 e. The van der Waals surface area contributed by atoms with E-state index >= 15 is 0 Å². The van der Waals surface area contributed by atoms with E-state index in [9.17, 15) is 19.8 Å². The Morgan fingerprint density at radius 3 is 1.24 bits per heavy atom. The Morgan fingerprint density at radius 2 is 1.03 bits per heavy atom. The van der Waals surface area contributed by atoms with E-state index in [0.29, 0.717) is 0 Å². The van der Waals surface area contributed by atoms with Crippen molar-refractivity contribution in [3.63, 3.8) is 0 Å². The van der Waals surface area contributed by atoms with Gasteiger partial charge in [-0.3, -0.25) is 12.2 Å². The van der Waals surface area contributed by atoms with Gasteiger partial charge in [0.15, 0.2) is 0 Å². The van der Waals surface area contributed by atoms with Gasteiger partial charge in [0.1, 0.15) is 0 Å². The maximum absolute atomic E-state index is 10.1. The van der Waals surface area contributed by atoms with Crippen LogP contribution in [0.5, 0.6) is 0 Å². The molecule has 4 rings (SSSR count). The number of allylic oxidation sites excluding steroid dienone is 8. The summed E-state index contributed by atoms with van der Waals surface area (Å²) in [4.78, 5) is 20.2. The molecule has 0 atom stereocenters. The first-order valence-corrected chi connectivity index (χ1v) is 12.5. The number of carboxylic acid groups (broad SMARTS) is 2. The number of hydrogen-bond donors (Lipinski definition) is 0. The standard InChI is InChI=1S/2C9H13.2C7H6O2.Zr/c2*1-2-3-6-9-7-4-5-8-9;2*8-7(9)6-4-2-1-3-5-6;/h2*4,7H,2-3,5-6H2,1H3;2*1-5H,(H,8,9);/q2*-1;;;+4/p-2. The van der Waals surface area contributed by atoms with Crippen molar-refractivity contribution in [1.82, 2.24) is 0 Å². The summed E-state index contributed by atoms with van der Waals surface area (Å²) in [6.07, 6.45) is 25.1. The zero-order valence-corrected chi connectivity index (χ0v) is 24.3. The van der Waals surface area contributed by atoms with Crippen LogP contribution in [0.1, 0.15) is 85.9 Å². The molecule has 4 nitrogen and oxygen atoms in total. The van der Waals surface area contributed by atoms with Crippen molar-refractivity contribution in [3.05, 3.63) is 119 Å². The fourth-order valence-corrected chi connectivity index (χ4v) is 3.13. The third-order valence-electron chi connectivity index (χ3n) is 5.15. The molecule has 0 N–H and O–H groups in total. The van der Waals surface area contributed by atoms with Gasteiger partial charge in [0.25, 0.3) is 0 Å². The summed E-state index contributed by atoms with van der Waals surface area (Å²) in [5.41, 5.74) is 3.27. The van der Waals surface area contributed by atoms with Crippen LogP contribution in [0, 0.1) is 12.2 Å². The molecule has 37 heavy (non-hydrogen) atoms. The molecule has 0 spiro atoms. The second-order valence-electron chi connectivity index (χ2n) is 8.13. The third-order valence-corrected chi connectivity index (χ3v) is 5.15. The summed E-state index contributed by atoms with van der Waals surface area (Å²) >= 11 is 0. The molecular formula is C32H36O4Zr. The summed E-state index contributed by atoms with van der Waals surface area (Å²) < 4.78 is 0. The molecule has 5 heteroatoms. The van der Waals surface area contributed by atoms with E-state index in [1.165, 1.54) is 73.9 Å². The van der Waals surface area contributed by atoms with Crippen molar-refractivity contribution in [1.29, 1.82) is 0 Å². The Balaban J connectivity index is 0.000000463. The summed E-state index contributed by atoms with van der Waals surface area (Å²) in [6, 6.07) is 16.1. The molecular weight excluding hydrogens is 540 g/mol. The number of carboxylic acids is 2. The van der Waals surface area contributed by atoms with Crippen LogP contribution in [0.4, 0.5) is 0 Å². The molecule has 0 amide bonds. The Hall–Kier alpha value is -2.78. The average molecular weight is 576 g/mol. The van der Waals surface area contributed by atoms with Crippen LogP contribution in [0.15, 0.2) is 96.1 Å². The molecule has 2 aromatic rings. The van der Waals surface area contributed by atoms with Gasteiger partial charge in [-0.1, -0.05) is 113 Å². The summed E-state index contributed by atoms with van der Waals surface area (Å²) in [5.74, 6) is -2.26. The maximum atomic E-state index is 10.1. The topological polar surface area (TPSA) is 80.3 Å². The minimum absolute atomic E-state index is 0. The Morgan fingerprint density at radius 1 is 0.676 bits per heavy atom. The van der Waals surface area contributed by atoms with Gasteiger partial charge in [-0.05, 0) is 11.1 Å². The number of carbonyl (C=O) groups is 2. The van der Waals surface area contributed by atoms with Gasteiger partial charge in [0, 0.05) is 0 Å². The van der Waals surface area contributed by atoms with Gasteiger partial charge >= 0.3 is 26.2 Å². The SMILES string of the molecule is CCCCC1=[C-]CC=C1.CCCCC1=[C-]CC=C1.O=C([O-])c1ccccc1.O=C([O-])c1ccccc1.[Zr+4]. The Bertz CT molecular complexity index is 922. The quantitative estimate of drug-likeness (QED) is 0.371. The minimum Gasteiger partial charge on any atom is -0.545 e. The Kier molecular flexibility index (Phi) is 20.7. The van der Waals surface area contributed by atoms with E-state index in [-0.39, 0.29) is 37.3 Å². The Labute approximate surface area is 241 Å².